The first-order valence-electron chi connectivity index (χ1n) is 8.66. The molecule has 0 aliphatic heterocycles. The summed E-state index contributed by atoms with van der Waals surface area (Å²) in [7, 11) is 0. The number of hydrogen-bond donors (Lipinski definition) is 2. The normalized spacial score (nSPS) is 51.5. The van der Waals surface area contributed by atoms with Gasteiger partial charge in [0.05, 0.1) is 12.2 Å². The topological polar surface area (TPSA) is 40.5 Å². The van der Waals surface area contributed by atoms with Gasteiger partial charge in [0.2, 0.25) is 0 Å². The first-order chi connectivity index (χ1) is 9.59. The minimum atomic E-state index is -0.0764. The van der Waals surface area contributed by atoms with Crippen LogP contribution in [0.5, 0.6) is 0 Å². The maximum absolute atomic E-state index is 10.4. The highest BCUT2D eigenvalue weighted by Gasteiger charge is 2.54. The lowest BCUT2D eigenvalue weighted by molar-refractivity contribution is -0.0326. The molecule has 0 saturated heterocycles. The predicted molar refractivity (Wildman–Crippen MR) is 79.2 cm³/mol. The quantitative estimate of drug-likeness (QED) is 0.666. The largest absolute Gasteiger partial charge is 0.393 e. The van der Waals surface area contributed by atoms with E-state index in [4.69, 9.17) is 0 Å². The van der Waals surface area contributed by atoms with E-state index in [1.54, 1.807) is 11.1 Å². The molecule has 0 aromatic heterocycles. The van der Waals surface area contributed by atoms with E-state index in [2.05, 4.69) is 6.92 Å². The van der Waals surface area contributed by atoms with Gasteiger partial charge in [-0.1, -0.05) is 18.1 Å². The predicted octanol–water partition coefficient (Wildman–Crippen LogP) is 3.43. The SMILES string of the molecule is CC12CCC3C4=C(CCC3C1CC[C@@H]2O)CC(O)CC4. The first-order valence-corrected chi connectivity index (χ1v) is 8.66. The van der Waals surface area contributed by atoms with Gasteiger partial charge < -0.3 is 10.2 Å². The standard InChI is InChI=1S/C18H28O2/c1-18-9-8-14-13-5-3-12(19)10-11(13)2-4-15(14)16(18)6-7-17(18)20/h12,14-17,19-20H,2-10H2,1H3/t12?,14?,15?,16?,17-,18?/m0/s1. The van der Waals surface area contributed by atoms with Gasteiger partial charge in [-0.3, -0.25) is 0 Å². The second-order valence-electron chi connectivity index (χ2n) is 8.08. The third-order valence-electron chi connectivity index (χ3n) is 7.30. The number of hydrogen-bond acceptors (Lipinski definition) is 2. The molecule has 0 heterocycles. The Morgan fingerprint density at radius 3 is 2.70 bits per heavy atom. The molecule has 2 heteroatoms. The summed E-state index contributed by atoms with van der Waals surface area (Å²) in [5.74, 6) is 2.35. The molecular formula is C18H28O2. The van der Waals surface area contributed by atoms with E-state index in [0.717, 1.165) is 43.4 Å². The van der Waals surface area contributed by atoms with Crippen LogP contribution in [0, 0.1) is 23.2 Å². The van der Waals surface area contributed by atoms with Crippen LogP contribution in [0.2, 0.25) is 0 Å². The van der Waals surface area contributed by atoms with Gasteiger partial charge in [-0.05, 0) is 81.0 Å². The molecule has 0 radical (unpaired) electrons. The van der Waals surface area contributed by atoms with E-state index < -0.39 is 0 Å². The van der Waals surface area contributed by atoms with Gasteiger partial charge in [-0.25, -0.2) is 0 Å². The van der Waals surface area contributed by atoms with Gasteiger partial charge >= 0.3 is 0 Å². The number of allylic oxidation sites excluding steroid dienone is 1. The van der Waals surface area contributed by atoms with Crippen molar-refractivity contribution >= 4 is 0 Å². The maximum atomic E-state index is 10.4. The third-order valence-corrected chi connectivity index (χ3v) is 7.30. The van der Waals surface area contributed by atoms with E-state index in [0.29, 0.717) is 0 Å². The molecule has 4 aliphatic carbocycles. The van der Waals surface area contributed by atoms with E-state index in [-0.39, 0.29) is 17.6 Å². The molecule has 2 N–H and O–H groups in total. The van der Waals surface area contributed by atoms with Crippen LogP contribution in [0.1, 0.15) is 64.7 Å². The van der Waals surface area contributed by atoms with Gasteiger partial charge in [0.15, 0.2) is 0 Å². The van der Waals surface area contributed by atoms with Crippen molar-refractivity contribution in [2.75, 3.05) is 0 Å². The molecule has 2 fully saturated rings. The Bertz CT molecular complexity index is 441. The van der Waals surface area contributed by atoms with Crippen LogP contribution < -0.4 is 0 Å². The second kappa shape index (κ2) is 4.58. The molecule has 2 nitrogen and oxygen atoms in total. The van der Waals surface area contributed by atoms with Crippen LogP contribution in [0.3, 0.4) is 0 Å². The molecular weight excluding hydrogens is 248 g/mol. The van der Waals surface area contributed by atoms with Crippen molar-refractivity contribution in [2.24, 2.45) is 23.2 Å². The van der Waals surface area contributed by atoms with Crippen LogP contribution in [-0.4, -0.2) is 22.4 Å². The molecule has 112 valence electrons. The van der Waals surface area contributed by atoms with Crippen molar-refractivity contribution in [3.05, 3.63) is 11.1 Å². The fourth-order valence-electron chi connectivity index (χ4n) is 6.16. The van der Waals surface area contributed by atoms with Gasteiger partial charge in [0.1, 0.15) is 0 Å². The lowest BCUT2D eigenvalue weighted by Crippen LogP contribution is -2.45. The number of aliphatic hydroxyl groups excluding tert-OH is 2. The summed E-state index contributed by atoms with van der Waals surface area (Å²) in [6, 6.07) is 0. The summed E-state index contributed by atoms with van der Waals surface area (Å²) < 4.78 is 0. The lowest BCUT2D eigenvalue weighted by Gasteiger charge is -2.51. The Morgan fingerprint density at radius 2 is 1.85 bits per heavy atom. The van der Waals surface area contributed by atoms with Crippen molar-refractivity contribution in [3.8, 4) is 0 Å². The van der Waals surface area contributed by atoms with Gasteiger partial charge in [0, 0.05) is 0 Å². The number of rotatable bonds is 0. The lowest BCUT2D eigenvalue weighted by atomic mass is 9.54. The van der Waals surface area contributed by atoms with Crippen LogP contribution in [0.15, 0.2) is 11.1 Å². The number of aliphatic hydroxyl groups is 2. The first kappa shape index (κ1) is 13.3. The van der Waals surface area contributed by atoms with Gasteiger partial charge in [-0.15, -0.1) is 0 Å². The Kier molecular flexibility index (Phi) is 3.05. The molecule has 0 aromatic carbocycles. The molecule has 0 spiro atoms. The minimum Gasteiger partial charge on any atom is -0.393 e. The molecule has 5 unspecified atom stereocenters. The summed E-state index contributed by atoms with van der Waals surface area (Å²) in [4.78, 5) is 0. The zero-order valence-electron chi connectivity index (χ0n) is 12.6. The Balaban J connectivity index is 1.64. The number of fused-ring (bicyclic) bond motifs is 4. The van der Waals surface area contributed by atoms with Gasteiger partial charge in [-0.2, -0.15) is 0 Å². The smallest absolute Gasteiger partial charge is 0.0596 e. The van der Waals surface area contributed by atoms with E-state index in [1.807, 2.05) is 0 Å². The van der Waals surface area contributed by atoms with Crippen molar-refractivity contribution in [2.45, 2.75) is 76.9 Å². The summed E-state index contributed by atoms with van der Waals surface area (Å²) in [6.45, 7) is 2.35. The third kappa shape index (κ3) is 1.77. The molecule has 0 amide bonds. The van der Waals surface area contributed by atoms with E-state index >= 15 is 0 Å². The highest BCUT2D eigenvalue weighted by Crippen LogP contribution is 2.61. The average Bonchev–Trinajstić information content (AvgIpc) is 2.74. The Hall–Kier alpha value is -0.340. The van der Waals surface area contributed by atoms with Gasteiger partial charge in [0.25, 0.3) is 0 Å². The summed E-state index contributed by atoms with van der Waals surface area (Å²) in [5.41, 5.74) is 3.54. The molecule has 0 bridgehead atoms. The van der Waals surface area contributed by atoms with Crippen molar-refractivity contribution in [1.82, 2.24) is 0 Å². The highest BCUT2D eigenvalue weighted by atomic mass is 16.3. The van der Waals surface area contributed by atoms with E-state index in [1.165, 1.54) is 32.1 Å². The fourth-order valence-corrected chi connectivity index (χ4v) is 6.16. The Labute approximate surface area is 122 Å². The second-order valence-corrected chi connectivity index (χ2v) is 8.08. The molecule has 2 saturated carbocycles. The van der Waals surface area contributed by atoms with Crippen molar-refractivity contribution in [3.63, 3.8) is 0 Å². The molecule has 4 rings (SSSR count). The molecule has 20 heavy (non-hydrogen) atoms. The summed E-state index contributed by atoms with van der Waals surface area (Å²) >= 11 is 0. The maximum Gasteiger partial charge on any atom is 0.0596 e. The molecule has 0 aromatic rings. The minimum absolute atomic E-state index is 0.0583. The van der Waals surface area contributed by atoms with Crippen LogP contribution >= 0.6 is 0 Å². The molecule has 6 atom stereocenters. The molecule has 4 aliphatic rings. The summed E-state index contributed by atoms with van der Waals surface area (Å²) in [5, 5.41) is 20.3. The fraction of sp³-hybridized carbons (Fsp3) is 0.889. The van der Waals surface area contributed by atoms with E-state index in [9.17, 15) is 10.2 Å². The van der Waals surface area contributed by atoms with Crippen LogP contribution in [0.4, 0.5) is 0 Å². The summed E-state index contributed by atoms with van der Waals surface area (Å²) in [6.07, 6.45) is 10.2. The van der Waals surface area contributed by atoms with Crippen molar-refractivity contribution < 1.29 is 10.2 Å². The zero-order chi connectivity index (χ0) is 13.9. The zero-order valence-corrected chi connectivity index (χ0v) is 12.6. The van der Waals surface area contributed by atoms with Crippen molar-refractivity contribution in [1.29, 1.82) is 0 Å². The monoisotopic (exact) mass is 276 g/mol. The highest BCUT2D eigenvalue weighted by molar-refractivity contribution is 5.27. The Morgan fingerprint density at radius 1 is 1.00 bits per heavy atom. The average molecular weight is 276 g/mol. The van der Waals surface area contributed by atoms with Crippen LogP contribution in [-0.2, 0) is 0 Å². The van der Waals surface area contributed by atoms with Crippen LogP contribution in [0.25, 0.3) is 0 Å².